The van der Waals surface area contributed by atoms with Crippen LogP contribution in [0.3, 0.4) is 0 Å². The third kappa shape index (κ3) is 5.73. The van der Waals surface area contributed by atoms with Crippen molar-refractivity contribution >= 4 is 40.8 Å². The van der Waals surface area contributed by atoms with Gasteiger partial charge in [0.25, 0.3) is 0 Å². The van der Waals surface area contributed by atoms with E-state index in [0.717, 1.165) is 5.69 Å². The van der Waals surface area contributed by atoms with Crippen molar-refractivity contribution in [3.63, 3.8) is 0 Å². The van der Waals surface area contributed by atoms with Crippen molar-refractivity contribution in [1.82, 2.24) is 9.97 Å². The van der Waals surface area contributed by atoms with Crippen LogP contribution in [0.2, 0.25) is 0 Å². The summed E-state index contributed by atoms with van der Waals surface area (Å²) in [7, 11) is 0. The molecular weight excluding hydrogens is 350 g/mol. The van der Waals surface area contributed by atoms with Crippen LogP contribution in [0.4, 0.5) is 17.2 Å². The van der Waals surface area contributed by atoms with Crippen LogP contribution < -0.4 is 16.4 Å². The highest BCUT2D eigenvalue weighted by atomic mass is 32.2. The van der Waals surface area contributed by atoms with Gasteiger partial charge in [-0.15, -0.1) is 0 Å². The smallest absolute Gasteiger partial charge is 0.238 e. The zero-order chi connectivity index (χ0) is 19.3. The van der Waals surface area contributed by atoms with E-state index in [2.05, 4.69) is 20.6 Å². The molecule has 2 amide bonds. The van der Waals surface area contributed by atoms with Gasteiger partial charge in [-0.05, 0) is 31.0 Å². The summed E-state index contributed by atoms with van der Waals surface area (Å²) in [4.78, 5) is 32.5. The molecule has 1 aromatic carbocycles. The number of carbonyl (C=O) groups is 2. The molecule has 1 aromatic heterocycles. The van der Waals surface area contributed by atoms with Crippen LogP contribution in [0, 0.1) is 12.8 Å². The number of rotatable bonds is 6. The van der Waals surface area contributed by atoms with E-state index in [-0.39, 0.29) is 23.0 Å². The standard InChI is InChI=1S/C18H23N5O2S/c1-10(2)16(26-18-20-11(3)8-15(19)23-18)17(25)22-14-7-5-6-13(9-14)21-12(4)24/h5-10,16H,1-4H3,(H,21,24)(H,22,25)(H2,19,20,23)/t16-/m0/s1. The van der Waals surface area contributed by atoms with Crippen LogP contribution in [-0.4, -0.2) is 27.0 Å². The van der Waals surface area contributed by atoms with Gasteiger partial charge in [0.15, 0.2) is 5.16 Å². The van der Waals surface area contributed by atoms with Crippen molar-refractivity contribution in [1.29, 1.82) is 0 Å². The molecule has 8 heteroatoms. The fourth-order valence-electron chi connectivity index (χ4n) is 2.31. The SMILES string of the molecule is CC(=O)Nc1cccc(NC(=O)[C@@H](Sc2nc(C)cc(N)n2)C(C)C)c1. The number of hydrogen-bond donors (Lipinski definition) is 3. The Morgan fingerprint density at radius 1 is 1.12 bits per heavy atom. The monoisotopic (exact) mass is 373 g/mol. The number of aromatic nitrogens is 2. The molecule has 26 heavy (non-hydrogen) atoms. The summed E-state index contributed by atoms with van der Waals surface area (Å²) in [6.45, 7) is 7.19. The molecule has 1 atom stereocenters. The summed E-state index contributed by atoms with van der Waals surface area (Å²) < 4.78 is 0. The molecule has 0 aliphatic heterocycles. The summed E-state index contributed by atoms with van der Waals surface area (Å²) in [5.74, 6) is 0.113. The van der Waals surface area contributed by atoms with Crippen molar-refractivity contribution in [3.8, 4) is 0 Å². The molecule has 0 saturated carbocycles. The third-order valence-corrected chi connectivity index (χ3v) is 4.81. The number of nitrogen functional groups attached to an aromatic ring is 1. The van der Waals surface area contributed by atoms with Crippen LogP contribution in [0.25, 0.3) is 0 Å². The highest BCUT2D eigenvalue weighted by Crippen LogP contribution is 2.28. The van der Waals surface area contributed by atoms with Gasteiger partial charge >= 0.3 is 0 Å². The first-order chi connectivity index (χ1) is 12.2. The highest BCUT2D eigenvalue weighted by molar-refractivity contribution is 8.00. The van der Waals surface area contributed by atoms with Gasteiger partial charge in [0.2, 0.25) is 11.8 Å². The Morgan fingerprint density at radius 3 is 2.35 bits per heavy atom. The number of nitrogens with one attached hydrogen (secondary N) is 2. The second-order valence-electron chi connectivity index (χ2n) is 6.25. The minimum absolute atomic E-state index is 0.0591. The van der Waals surface area contributed by atoms with E-state index in [4.69, 9.17) is 5.73 Å². The lowest BCUT2D eigenvalue weighted by atomic mass is 10.1. The Balaban J connectivity index is 2.14. The average molecular weight is 373 g/mol. The first-order valence-corrected chi connectivity index (χ1v) is 9.09. The predicted molar refractivity (Wildman–Crippen MR) is 105 cm³/mol. The predicted octanol–water partition coefficient (Wildman–Crippen LogP) is 3.08. The van der Waals surface area contributed by atoms with E-state index in [9.17, 15) is 9.59 Å². The maximum atomic E-state index is 12.8. The first-order valence-electron chi connectivity index (χ1n) is 8.21. The third-order valence-electron chi connectivity index (χ3n) is 3.40. The van der Waals surface area contributed by atoms with Crippen molar-refractivity contribution in [2.75, 3.05) is 16.4 Å². The largest absolute Gasteiger partial charge is 0.384 e. The Labute approximate surface area is 157 Å². The molecule has 0 spiro atoms. The number of aryl methyl sites for hydroxylation is 1. The van der Waals surface area contributed by atoms with Gasteiger partial charge in [0, 0.05) is 30.1 Å². The number of amides is 2. The zero-order valence-corrected chi connectivity index (χ0v) is 16.1. The van der Waals surface area contributed by atoms with Crippen molar-refractivity contribution < 1.29 is 9.59 Å². The maximum absolute atomic E-state index is 12.8. The van der Waals surface area contributed by atoms with Crippen molar-refractivity contribution in [3.05, 3.63) is 36.0 Å². The van der Waals surface area contributed by atoms with Crippen LogP contribution >= 0.6 is 11.8 Å². The van der Waals surface area contributed by atoms with Crippen LogP contribution in [0.1, 0.15) is 26.5 Å². The van der Waals surface area contributed by atoms with Gasteiger partial charge in [-0.1, -0.05) is 31.7 Å². The van der Waals surface area contributed by atoms with Gasteiger partial charge in [-0.3, -0.25) is 9.59 Å². The first kappa shape index (κ1) is 19.7. The molecule has 2 aromatic rings. The molecular formula is C18H23N5O2S. The maximum Gasteiger partial charge on any atom is 0.238 e. The number of benzene rings is 1. The van der Waals surface area contributed by atoms with E-state index >= 15 is 0 Å². The number of anilines is 3. The minimum atomic E-state index is -0.388. The fourth-order valence-corrected chi connectivity index (χ4v) is 3.33. The van der Waals surface area contributed by atoms with Gasteiger partial charge < -0.3 is 16.4 Å². The van der Waals surface area contributed by atoms with Crippen molar-refractivity contribution in [2.45, 2.75) is 38.1 Å². The Morgan fingerprint density at radius 2 is 1.77 bits per heavy atom. The number of nitrogens with zero attached hydrogens (tertiary/aromatic N) is 2. The van der Waals surface area contributed by atoms with Gasteiger partial charge in [-0.25, -0.2) is 9.97 Å². The lowest BCUT2D eigenvalue weighted by Gasteiger charge is -2.19. The van der Waals surface area contributed by atoms with E-state index < -0.39 is 0 Å². The second-order valence-corrected chi connectivity index (χ2v) is 7.36. The summed E-state index contributed by atoms with van der Waals surface area (Å²) in [6, 6.07) is 8.69. The van der Waals surface area contributed by atoms with E-state index in [1.54, 1.807) is 30.3 Å². The number of hydrogen-bond acceptors (Lipinski definition) is 6. The molecule has 2 rings (SSSR count). The Kier molecular flexibility index (Phi) is 6.57. The molecule has 4 N–H and O–H groups in total. The molecule has 0 radical (unpaired) electrons. The molecule has 7 nitrogen and oxygen atoms in total. The Bertz CT molecular complexity index is 790. The molecule has 0 aliphatic rings. The fraction of sp³-hybridized carbons (Fsp3) is 0.333. The molecule has 0 bridgehead atoms. The highest BCUT2D eigenvalue weighted by Gasteiger charge is 2.25. The van der Waals surface area contributed by atoms with Crippen LogP contribution in [0.5, 0.6) is 0 Å². The van der Waals surface area contributed by atoms with E-state index in [1.165, 1.54) is 18.7 Å². The average Bonchev–Trinajstić information content (AvgIpc) is 2.51. The summed E-state index contributed by atoms with van der Waals surface area (Å²) in [6.07, 6.45) is 0. The van der Waals surface area contributed by atoms with Crippen LogP contribution in [-0.2, 0) is 9.59 Å². The molecule has 0 unspecified atom stereocenters. The molecule has 0 saturated heterocycles. The number of carbonyl (C=O) groups excluding carboxylic acids is 2. The van der Waals surface area contributed by atoms with Gasteiger partial charge in [0.05, 0.1) is 5.25 Å². The summed E-state index contributed by atoms with van der Waals surface area (Å²) >= 11 is 1.28. The minimum Gasteiger partial charge on any atom is -0.384 e. The Hall–Kier alpha value is -2.61. The molecule has 138 valence electrons. The quantitative estimate of drug-likeness (QED) is 0.530. The lowest BCUT2D eigenvalue weighted by molar-refractivity contribution is -0.116. The van der Waals surface area contributed by atoms with Crippen molar-refractivity contribution in [2.24, 2.45) is 5.92 Å². The van der Waals surface area contributed by atoms with Gasteiger partial charge in [-0.2, -0.15) is 0 Å². The number of thioether (sulfide) groups is 1. The lowest BCUT2D eigenvalue weighted by Crippen LogP contribution is -2.30. The zero-order valence-electron chi connectivity index (χ0n) is 15.2. The van der Waals surface area contributed by atoms with Crippen LogP contribution in [0.15, 0.2) is 35.5 Å². The molecule has 0 fully saturated rings. The topological polar surface area (TPSA) is 110 Å². The van der Waals surface area contributed by atoms with Gasteiger partial charge in [0.1, 0.15) is 5.82 Å². The molecule has 0 aliphatic carbocycles. The summed E-state index contributed by atoms with van der Waals surface area (Å²) in [5, 5.41) is 5.67. The number of nitrogens with two attached hydrogens (primary N) is 1. The summed E-state index contributed by atoms with van der Waals surface area (Å²) in [5.41, 5.74) is 7.76. The normalized spacial score (nSPS) is 11.9. The van der Waals surface area contributed by atoms with E-state index in [0.29, 0.717) is 22.3 Å². The second kappa shape index (κ2) is 8.66. The van der Waals surface area contributed by atoms with E-state index in [1.807, 2.05) is 20.8 Å². The molecule has 1 heterocycles.